The maximum Gasteiger partial charge on any atom is 0.416 e. The first-order valence-corrected chi connectivity index (χ1v) is 6.91. The molecule has 2 aromatic rings. The Hall–Kier alpha value is -1.76. The number of hydrogen-bond acceptors (Lipinski definition) is 3. The van der Waals surface area contributed by atoms with Crippen LogP contribution in [0.2, 0.25) is 0 Å². The van der Waals surface area contributed by atoms with Gasteiger partial charge in [-0.05, 0) is 24.0 Å². The van der Waals surface area contributed by atoms with Crippen LogP contribution in [0.3, 0.4) is 0 Å². The molecule has 1 aromatic carbocycles. The van der Waals surface area contributed by atoms with E-state index in [1.807, 2.05) is 0 Å². The van der Waals surface area contributed by atoms with Crippen molar-refractivity contribution < 1.29 is 13.2 Å². The van der Waals surface area contributed by atoms with E-state index < -0.39 is 11.7 Å². The van der Waals surface area contributed by atoms with Gasteiger partial charge in [-0.1, -0.05) is 23.9 Å². The topological polar surface area (TPSA) is 45.8 Å². The summed E-state index contributed by atoms with van der Waals surface area (Å²) in [5.41, 5.74) is 0.0695. The van der Waals surface area contributed by atoms with Crippen molar-refractivity contribution in [3.63, 3.8) is 0 Å². The fraction of sp³-hybridized carbons (Fsp3) is 0.231. The van der Waals surface area contributed by atoms with E-state index in [0.717, 1.165) is 12.1 Å². The minimum Gasteiger partial charge on any atom is -0.301 e. The summed E-state index contributed by atoms with van der Waals surface area (Å²) in [4.78, 5) is 18.4. The number of benzene rings is 1. The number of H-pyrrole nitrogens is 1. The maximum atomic E-state index is 12.4. The Morgan fingerprint density at radius 1 is 1.25 bits per heavy atom. The largest absolute Gasteiger partial charge is 0.416 e. The minimum atomic E-state index is -4.35. The zero-order valence-corrected chi connectivity index (χ0v) is 11.3. The van der Waals surface area contributed by atoms with Crippen LogP contribution in [0.25, 0.3) is 0 Å². The van der Waals surface area contributed by atoms with Gasteiger partial charge in [0, 0.05) is 18.2 Å². The molecule has 0 aliphatic carbocycles. The zero-order valence-electron chi connectivity index (χ0n) is 10.5. The van der Waals surface area contributed by atoms with E-state index in [1.165, 1.54) is 30.1 Å². The standard InChI is InChI=1S/C13H11F3N2OS/c1-20-12-17-7-9(11(19)18-12)6-8-2-4-10(5-3-8)13(14,15)16/h2-5,7H,6H2,1H3,(H,17,18,19). The molecule has 0 aliphatic rings. The van der Waals surface area contributed by atoms with E-state index >= 15 is 0 Å². The van der Waals surface area contributed by atoms with Gasteiger partial charge < -0.3 is 4.98 Å². The fourth-order valence-corrected chi connectivity index (χ4v) is 2.02. The summed E-state index contributed by atoms with van der Waals surface area (Å²) < 4.78 is 37.3. The summed E-state index contributed by atoms with van der Waals surface area (Å²) in [5, 5.41) is 0.506. The van der Waals surface area contributed by atoms with Crippen molar-refractivity contribution in [3.05, 3.63) is 57.5 Å². The van der Waals surface area contributed by atoms with E-state index in [9.17, 15) is 18.0 Å². The van der Waals surface area contributed by atoms with Crippen LogP contribution in [0, 0.1) is 0 Å². The third kappa shape index (κ3) is 3.41. The van der Waals surface area contributed by atoms with Crippen molar-refractivity contribution in [3.8, 4) is 0 Å². The van der Waals surface area contributed by atoms with Gasteiger partial charge in [-0.2, -0.15) is 13.2 Å². The summed E-state index contributed by atoms with van der Waals surface area (Å²) >= 11 is 1.31. The molecular formula is C13H11F3N2OS. The molecule has 0 fully saturated rings. The molecule has 0 radical (unpaired) electrons. The number of nitrogens with zero attached hydrogens (tertiary/aromatic N) is 1. The third-order valence-electron chi connectivity index (χ3n) is 2.72. The van der Waals surface area contributed by atoms with Gasteiger partial charge in [0.25, 0.3) is 5.56 Å². The Labute approximate surface area is 117 Å². The molecule has 0 saturated carbocycles. The molecule has 106 valence electrons. The Morgan fingerprint density at radius 3 is 2.40 bits per heavy atom. The summed E-state index contributed by atoms with van der Waals surface area (Å²) in [6, 6.07) is 4.75. The average molecular weight is 300 g/mol. The molecule has 1 aromatic heterocycles. The molecule has 2 rings (SSSR count). The van der Waals surface area contributed by atoms with Crippen LogP contribution >= 0.6 is 11.8 Å². The fourth-order valence-electron chi connectivity index (χ4n) is 1.67. The Balaban J connectivity index is 2.20. The Morgan fingerprint density at radius 2 is 1.90 bits per heavy atom. The van der Waals surface area contributed by atoms with Crippen molar-refractivity contribution >= 4 is 11.8 Å². The first kappa shape index (κ1) is 14.6. The van der Waals surface area contributed by atoms with Crippen molar-refractivity contribution in [2.75, 3.05) is 6.26 Å². The highest BCUT2D eigenvalue weighted by Gasteiger charge is 2.29. The zero-order chi connectivity index (χ0) is 14.8. The number of hydrogen-bond donors (Lipinski definition) is 1. The first-order valence-electron chi connectivity index (χ1n) is 5.68. The van der Waals surface area contributed by atoms with Gasteiger partial charge in [0.1, 0.15) is 0 Å². The second-order valence-electron chi connectivity index (χ2n) is 4.12. The molecule has 20 heavy (non-hydrogen) atoms. The van der Waals surface area contributed by atoms with Gasteiger partial charge in [-0.3, -0.25) is 4.79 Å². The van der Waals surface area contributed by atoms with Gasteiger partial charge in [-0.15, -0.1) is 0 Å². The van der Waals surface area contributed by atoms with Gasteiger partial charge in [0.15, 0.2) is 5.16 Å². The number of alkyl halides is 3. The van der Waals surface area contributed by atoms with Gasteiger partial charge in [0.05, 0.1) is 5.56 Å². The maximum absolute atomic E-state index is 12.4. The highest BCUT2D eigenvalue weighted by atomic mass is 32.2. The molecule has 0 amide bonds. The predicted molar refractivity (Wildman–Crippen MR) is 70.9 cm³/mol. The quantitative estimate of drug-likeness (QED) is 0.700. The lowest BCUT2D eigenvalue weighted by Gasteiger charge is -2.07. The molecule has 1 N–H and O–H groups in total. The molecular weight excluding hydrogens is 289 g/mol. The number of nitrogens with one attached hydrogen (secondary N) is 1. The van der Waals surface area contributed by atoms with E-state index in [-0.39, 0.29) is 12.0 Å². The number of thioether (sulfide) groups is 1. The predicted octanol–water partition coefficient (Wildman–Crippen LogP) is 3.10. The molecule has 0 atom stereocenters. The minimum absolute atomic E-state index is 0.245. The van der Waals surface area contributed by atoms with Gasteiger partial charge in [-0.25, -0.2) is 4.98 Å². The SMILES string of the molecule is CSc1ncc(Cc2ccc(C(F)(F)F)cc2)c(=O)[nH]1. The molecule has 0 saturated heterocycles. The molecule has 0 unspecified atom stereocenters. The van der Waals surface area contributed by atoms with Crippen molar-refractivity contribution in [1.82, 2.24) is 9.97 Å². The molecule has 0 bridgehead atoms. The lowest BCUT2D eigenvalue weighted by atomic mass is 10.1. The van der Waals surface area contributed by atoms with Crippen molar-refractivity contribution in [2.24, 2.45) is 0 Å². The number of halogens is 3. The summed E-state index contributed by atoms with van der Waals surface area (Å²) in [7, 11) is 0. The summed E-state index contributed by atoms with van der Waals surface area (Å²) in [5.74, 6) is 0. The number of rotatable bonds is 3. The number of aromatic nitrogens is 2. The lowest BCUT2D eigenvalue weighted by molar-refractivity contribution is -0.137. The lowest BCUT2D eigenvalue weighted by Crippen LogP contribution is -2.14. The van der Waals surface area contributed by atoms with Crippen LogP contribution in [0.4, 0.5) is 13.2 Å². The van der Waals surface area contributed by atoms with E-state index in [2.05, 4.69) is 9.97 Å². The van der Waals surface area contributed by atoms with Crippen molar-refractivity contribution in [2.45, 2.75) is 17.8 Å². The van der Waals surface area contributed by atoms with Crippen LogP contribution in [-0.2, 0) is 12.6 Å². The molecule has 7 heteroatoms. The van der Waals surface area contributed by atoms with Gasteiger partial charge >= 0.3 is 6.18 Å². The van der Waals surface area contributed by atoms with Gasteiger partial charge in [0.2, 0.25) is 0 Å². The second kappa shape index (κ2) is 5.70. The first-order chi connectivity index (χ1) is 9.40. The van der Waals surface area contributed by atoms with Crippen LogP contribution in [-0.4, -0.2) is 16.2 Å². The second-order valence-corrected chi connectivity index (χ2v) is 4.91. The smallest absolute Gasteiger partial charge is 0.301 e. The van der Waals surface area contributed by atoms with E-state index in [0.29, 0.717) is 16.3 Å². The third-order valence-corrected chi connectivity index (χ3v) is 3.31. The van der Waals surface area contributed by atoms with Crippen LogP contribution < -0.4 is 5.56 Å². The van der Waals surface area contributed by atoms with E-state index in [4.69, 9.17) is 0 Å². The summed E-state index contributed by atoms with van der Waals surface area (Å²) in [6.45, 7) is 0. The average Bonchev–Trinajstić information content (AvgIpc) is 2.40. The van der Waals surface area contributed by atoms with Crippen LogP contribution in [0.15, 0.2) is 40.4 Å². The molecule has 0 spiro atoms. The van der Waals surface area contributed by atoms with Crippen LogP contribution in [0.5, 0.6) is 0 Å². The Kier molecular flexibility index (Phi) is 4.17. The molecule has 0 aliphatic heterocycles. The summed E-state index contributed by atoms with van der Waals surface area (Å²) in [6.07, 6.45) is -0.872. The highest BCUT2D eigenvalue weighted by Crippen LogP contribution is 2.29. The highest BCUT2D eigenvalue weighted by molar-refractivity contribution is 7.98. The monoisotopic (exact) mass is 300 g/mol. The van der Waals surface area contributed by atoms with Crippen molar-refractivity contribution in [1.29, 1.82) is 0 Å². The number of aromatic amines is 1. The normalized spacial score (nSPS) is 11.6. The van der Waals surface area contributed by atoms with Crippen LogP contribution in [0.1, 0.15) is 16.7 Å². The van der Waals surface area contributed by atoms with E-state index in [1.54, 1.807) is 6.26 Å². The molecule has 3 nitrogen and oxygen atoms in total. The molecule has 1 heterocycles. The Bertz CT molecular complexity index is 650.